The van der Waals surface area contributed by atoms with E-state index in [0.717, 1.165) is 12.1 Å². The molecule has 1 aromatic rings. The third kappa shape index (κ3) is 3.68. The van der Waals surface area contributed by atoms with Gasteiger partial charge in [-0.05, 0) is 31.4 Å². The van der Waals surface area contributed by atoms with Crippen LogP contribution in [0.25, 0.3) is 0 Å². The first-order valence-corrected chi connectivity index (χ1v) is 8.62. The highest BCUT2D eigenvalue weighted by Gasteiger charge is 2.37. The first-order valence-electron chi connectivity index (χ1n) is 8.62. The van der Waals surface area contributed by atoms with E-state index in [9.17, 15) is 23.2 Å². The minimum Gasteiger partial charge on any atom is -0.481 e. The Kier molecular flexibility index (Phi) is 5.20. The lowest BCUT2D eigenvalue weighted by Crippen LogP contribution is -2.52. The van der Waals surface area contributed by atoms with Gasteiger partial charge in [-0.3, -0.25) is 14.4 Å². The number of halogens is 2. The Bertz CT molecular complexity index is 732. The summed E-state index contributed by atoms with van der Waals surface area (Å²) in [6.45, 7) is 1.16. The van der Waals surface area contributed by atoms with E-state index < -0.39 is 29.4 Å². The Morgan fingerprint density at radius 1 is 0.962 bits per heavy atom. The van der Waals surface area contributed by atoms with E-state index in [0.29, 0.717) is 38.4 Å². The number of hydrogen-bond acceptors (Lipinski definition) is 3. The van der Waals surface area contributed by atoms with Crippen molar-refractivity contribution in [2.24, 2.45) is 11.8 Å². The second-order valence-corrected chi connectivity index (χ2v) is 6.79. The third-order valence-electron chi connectivity index (χ3n) is 5.17. The SMILES string of the molecule is O=C(O)[C@@H]1CC[C@H](C(=O)N2CCN(C(=O)c3ccc(F)cc3F)CC2)C1. The molecule has 2 atom stereocenters. The van der Waals surface area contributed by atoms with Gasteiger partial charge in [0.25, 0.3) is 5.91 Å². The van der Waals surface area contributed by atoms with Crippen LogP contribution in [0.1, 0.15) is 29.6 Å². The molecule has 1 N–H and O–H groups in total. The fourth-order valence-corrected chi connectivity index (χ4v) is 3.65. The van der Waals surface area contributed by atoms with Crippen molar-refractivity contribution in [3.63, 3.8) is 0 Å². The maximum atomic E-state index is 13.8. The monoisotopic (exact) mass is 366 g/mol. The van der Waals surface area contributed by atoms with Crippen molar-refractivity contribution >= 4 is 17.8 Å². The van der Waals surface area contributed by atoms with Crippen molar-refractivity contribution in [2.45, 2.75) is 19.3 Å². The second-order valence-electron chi connectivity index (χ2n) is 6.79. The van der Waals surface area contributed by atoms with Gasteiger partial charge in [0.1, 0.15) is 11.6 Å². The smallest absolute Gasteiger partial charge is 0.306 e. The summed E-state index contributed by atoms with van der Waals surface area (Å²) in [6, 6.07) is 2.83. The molecule has 2 amide bonds. The van der Waals surface area contributed by atoms with E-state index in [1.54, 1.807) is 4.90 Å². The molecule has 1 aromatic carbocycles. The zero-order valence-corrected chi connectivity index (χ0v) is 14.2. The Labute approximate surface area is 149 Å². The molecular weight excluding hydrogens is 346 g/mol. The summed E-state index contributed by atoms with van der Waals surface area (Å²) < 4.78 is 26.7. The lowest BCUT2D eigenvalue weighted by atomic mass is 10.0. The van der Waals surface area contributed by atoms with Crippen LogP contribution < -0.4 is 0 Å². The third-order valence-corrected chi connectivity index (χ3v) is 5.17. The number of carboxylic acid groups (broad SMARTS) is 1. The number of carboxylic acids is 1. The molecule has 6 nitrogen and oxygen atoms in total. The van der Waals surface area contributed by atoms with Gasteiger partial charge in [-0.2, -0.15) is 0 Å². The predicted molar refractivity (Wildman–Crippen MR) is 87.3 cm³/mol. The summed E-state index contributed by atoms with van der Waals surface area (Å²) in [6.07, 6.45) is 1.43. The van der Waals surface area contributed by atoms with Gasteiger partial charge in [0.15, 0.2) is 0 Å². The molecule has 0 aromatic heterocycles. The van der Waals surface area contributed by atoms with E-state index in [2.05, 4.69) is 0 Å². The number of carbonyl (C=O) groups excluding carboxylic acids is 2. The zero-order valence-electron chi connectivity index (χ0n) is 14.2. The van der Waals surface area contributed by atoms with Gasteiger partial charge in [-0.15, -0.1) is 0 Å². The van der Waals surface area contributed by atoms with Crippen molar-refractivity contribution < 1.29 is 28.3 Å². The lowest BCUT2D eigenvalue weighted by molar-refractivity contribution is -0.142. The molecule has 2 fully saturated rings. The summed E-state index contributed by atoms with van der Waals surface area (Å²) in [5.41, 5.74) is -0.189. The number of benzene rings is 1. The summed E-state index contributed by atoms with van der Waals surface area (Å²) in [7, 11) is 0. The molecule has 0 spiro atoms. The van der Waals surface area contributed by atoms with E-state index >= 15 is 0 Å². The van der Waals surface area contributed by atoms with Crippen LogP contribution in [-0.2, 0) is 9.59 Å². The molecule has 1 aliphatic heterocycles. The minimum absolute atomic E-state index is 0.0752. The first-order chi connectivity index (χ1) is 12.4. The van der Waals surface area contributed by atoms with Crippen LogP contribution in [-0.4, -0.2) is 58.9 Å². The molecule has 1 saturated heterocycles. The Hall–Kier alpha value is -2.51. The number of carbonyl (C=O) groups is 3. The molecule has 1 saturated carbocycles. The fourth-order valence-electron chi connectivity index (χ4n) is 3.65. The average molecular weight is 366 g/mol. The summed E-state index contributed by atoms with van der Waals surface area (Å²) in [5, 5.41) is 9.04. The fraction of sp³-hybridized carbons (Fsp3) is 0.500. The number of piperazine rings is 1. The van der Waals surface area contributed by atoms with Crippen LogP contribution in [0.15, 0.2) is 18.2 Å². The van der Waals surface area contributed by atoms with Crippen LogP contribution in [0.4, 0.5) is 8.78 Å². The van der Waals surface area contributed by atoms with Gasteiger partial charge < -0.3 is 14.9 Å². The number of aliphatic carboxylic acids is 1. The molecule has 140 valence electrons. The quantitative estimate of drug-likeness (QED) is 0.884. The largest absolute Gasteiger partial charge is 0.481 e. The maximum Gasteiger partial charge on any atom is 0.306 e. The second kappa shape index (κ2) is 7.39. The van der Waals surface area contributed by atoms with Crippen molar-refractivity contribution in [2.75, 3.05) is 26.2 Å². The molecule has 1 heterocycles. The van der Waals surface area contributed by atoms with Gasteiger partial charge >= 0.3 is 5.97 Å². The van der Waals surface area contributed by atoms with E-state index in [4.69, 9.17) is 5.11 Å². The molecule has 3 rings (SSSR count). The Morgan fingerprint density at radius 2 is 1.58 bits per heavy atom. The highest BCUT2D eigenvalue weighted by molar-refractivity contribution is 5.94. The van der Waals surface area contributed by atoms with Gasteiger partial charge in [-0.25, -0.2) is 8.78 Å². The van der Waals surface area contributed by atoms with Gasteiger partial charge in [0.2, 0.25) is 5.91 Å². The molecule has 0 unspecified atom stereocenters. The van der Waals surface area contributed by atoms with Gasteiger partial charge in [0, 0.05) is 38.2 Å². The number of amides is 2. The molecule has 0 radical (unpaired) electrons. The summed E-state index contributed by atoms with van der Waals surface area (Å²) in [4.78, 5) is 39.0. The van der Waals surface area contributed by atoms with Crippen LogP contribution in [0, 0.1) is 23.5 Å². The number of nitrogens with zero attached hydrogens (tertiary/aromatic N) is 2. The minimum atomic E-state index is -0.904. The van der Waals surface area contributed by atoms with Crippen molar-refractivity contribution in [3.05, 3.63) is 35.4 Å². The molecule has 0 bridgehead atoms. The average Bonchev–Trinajstić information content (AvgIpc) is 3.11. The first kappa shape index (κ1) is 18.3. The number of rotatable bonds is 3. The lowest BCUT2D eigenvalue weighted by Gasteiger charge is -2.36. The molecule has 1 aliphatic carbocycles. The molecule has 26 heavy (non-hydrogen) atoms. The maximum absolute atomic E-state index is 13.8. The molecule has 8 heteroatoms. The number of hydrogen-bond donors (Lipinski definition) is 1. The van der Waals surface area contributed by atoms with E-state index in [-0.39, 0.29) is 30.5 Å². The molecule has 2 aliphatic rings. The van der Waals surface area contributed by atoms with Crippen molar-refractivity contribution in [1.82, 2.24) is 9.80 Å². The van der Waals surface area contributed by atoms with Crippen LogP contribution in [0.3, 0.4) is 0 Å². The molecular formula is C18H20F2N2O4. The zero-order chi connectivity index (χ0) is 18.8. The van der Waals surface area contributed by atoms with Crippen LogP contribution >= 0.6 is 0 Å². The Morgan fingerprint density at radius 3 is 2.15 bits per heavy atom. The topological polar surface area (TPSA) is 77.9 Å². The van der Waals surface area contributed by atoms with Crippen molar-refractivity contribution in [1.29, 1.82) is 0 Å². The van der Waals surface area contributed by atoms with Gasteiger partial charge in [0.05, 0.1) is 11.5 Å². The highest BCUT2D eigenvalue weighted by atomic mass is 19.1. The van der Waals surface area contributed by atoms with Gasteiger partial charge in [-0.1, -0.05) is 0 Å². The Balaban J connectivity index is 1.56. The van der Waals surface area contributed by atoms with E-state index in [1.165, 1.54) is 4.90 Å². The highest BCUT2D eigenvalue weighted by Crippen LogP contribution is 2.32. The van der Waals surface area contributed by atoms with Crippen molar-refractivity contribution in [3.8, 4) is 0 Å². The standard InChI is InChI=1S/C18H20F2N2O4/c19-13-3-4-14(15(20)10-13)17(24)22-7-5-21(6-8-22)16(23)11-1-2-12(9-11)18(25)26/h3-4,10-12H,1-2,5-9H2,(H,25,26)/t11-,12+/m0/s1. The summed E-state index contributed by atoms with van der Waals surface area (Å²) in [5.74, 6) is -3.86. The predicted octanol–water partition coefficient (Wildman–Crippen LogP) is 1.75. The van der Waals surface area contributed by atoms with E-state index in [1.807, 2.05) is 0 Å². The summed E-state index contributed by atoms with van der Waals surface area (Å²) >= 11 is 0. The van der Waals surface area contributed by atoms with Crippen LogP contribution in [0.5, 0.6) is 0 Å². The van der Waals surface area contributed by atoms with Crippen LogP contribution in [0.2, 0.25) is 0 Å². The normalized spacial score (nSPS) is 23.2.